The van der Waals surface area contributed by atoms with Crippen LogP contribution in [0, 0.1) is 0 Å². The number of carbonyl (C=O) groups is 2. The lowest BCUT2D eigenvalue weighted by Gasteiger charge is -2.10. The largest absolute Gasteiger partial charge is 0.505 e. The summed E-state index contributed by atoms with van der Waals surface area (Å²) in [6.45, 7) is 0.408. The molecule has 0 aliphatic heterocycles. The molecule has 6 nitrogen and oxygen atoms in total. The molecule has 0 spiro atoms. The molecule has 0 radical (unpaired) electrons. The van der Waals surface area contributed by atoms with Gasteiger partial charge in [0.1, 0.15) is 11.3 Å². The number of carbonyl (C=O) groups excluding carboxylic acids is 2. The average molecular weight is 329 g/mol. The van der Waals surface area contributed by atoms with Crippen LogP contribution in [0.1, 0.15) is 23.2 Å². The average Bonchev–Trinajstić information content (AvgIpc) is 2.61. The Balaban J connectivity index is 1.83. The van der Waals surface area contributed by atoms with Crippen LogP contribution in [0.3, 0.4) is 0 Å². The summed E-state index contributed by atoms with van der Waals surface area (Å²) < 4.78 is 10.1. The summed E-state index contributed by atoms with van der Waals surface area (Å²) in [7, 11) is 1.22. The SMILES string of the molecule is COC(=O)c1cccc(NC(=O)CCCOc2ccccc2)c1O. The van der Waals surface area contributed by atoms with Crippen molar-refractivity contribution in [3.05, 3.63) is 54.1 Å². The third-order valence-corrected chi connectivity index (χ3v) is 3.28. The molecule has 126 valence electrons. The number of methoxy groups -OCH3 is 1. The highest BCUT2D eigenvalue weighted by Crippen LogP contribution is 2.28. The van der Waals surface area contributed by atoms with Crippen LogP contribution in [0.15, 0.2) is 48.5 Å². The number of benzene rings is 2. The molecular formula is C18H19NO5. The van der Waals surface area contributed by atoms with Gasteiger partial charge in [-0.2, -0.15) is 0 Å². The zero-order chi connectivity index (χ0) is 17.4. The number of esters is 1. The second kappa shape index (κ2) is 8.57. The first-order chi connectivity index (χ1) is 11.6. The Morgan fingerprint density at radius 3 is 2.54 bits per heavy atom. The topological polar surface area (TPSA) is 84.9 Å². The molecule has 0 saturated heterocycles. The van der Waals surface area contributed by atoms with Gasteiger partial charge in [-0.05, 0) is 30.7 Å². The number of hydrogen-bond donors (Lipinski definition) is 2. The third kappa shape index (κ3) is 4.74. The fourth-order valence-corrected chi connectivity index (χ4v) is 2.07. The predicted octanol–water partition coefficient (Wildman–Crippen LogP) is 2.98. The molecule has 2 aromatic rings. The summed E-state index contributed by atoms with van der Waals surface area (Å²) in [4.78, 5) is 23.4. The van der Waals surface area contributed by atoms with Crippen LogP contribution in [-0.2, 0) is 9.53 Å². The molecule has 2 N–H and O–H groups in total. The normalized spacial score (nSPS) is 10.0. The minimum Gasteiger partial charge on any atom is -0.505 e. The van der Waals surface area contributed by atoms with Crippen LogP contribution in [0.4, 0.5) is 5.69 Å². The van der Waals surface area contributed by atoms with Gasteiger partial charge >= 0.3 is 5.97 Å². The van der Waals surface area contributed by atoms with Gasteiger partial charge in [0, 0.05) is 6.42 Å². The summed E-state index contributed by atoms with van der Waals surface area (Å²) >= 11 is 0. The molecule has 0 fully saturated rings. The van der Waals surface area contributed by atoms with E-state index < -0.39 is 5.97 Å². The zero-order valence-corrected chi connectivity index (χ0v) is 13.3. The number of hydrogen-bond acceptors (Lipinski definition) is 5. The maximum atomic E-state index is 11.9. The van der Waals surface area contributed by atoms with E-state index in [1.54, 1.807) is 6.07 Å². The molecule has 0 unspecified atom stereocenters. The molecule has 0 bridgehead atoms. The van der Waals surface area contributed by atoms with Crippen molar-refractivity contribution in [1.29, 1.82) is 0 Å². The Morgan fingerprint density at radius 1 is 1.08 bits per heavy atom. The molecule has 2 aromatic carbocycles. The number of aromatic hydroxyl groups is 1. The summed E-state index contributed by atoms with van der Waals surface area (Å²) in [6, 6.07) is 13.8. The minimum atomic E-state index is -0.667. The van der Waals surface area contributed by atoms with E-state index in [0.717, 1.165) is 5.75 Å². The summed E-state index contributed by atoms with van der Waals surface area (Å²) in [5, 5.41) is 12.6. The fraction of sp³-hybridized carbons (Fsp3) is 0.222. The van der Waals surface area contributed by atoms with Gasteiger partial charge < -0.3 is 19.9 Å². The quantitative estimate of drug-likeness (QED) is 0.463. The minimum absolute atomic E-state index is 0.00251. The Hall–Kier alpha value is -3.02. The van der Waals surface area contributed by atoms with Gasteiger partial charge in [-0.1, -0.05) is 24.3 Å². The predicted molar refractivity (Wildman–Crippen MR) is 89.2 cm³/mol. The molecule has 0 heterocycles. The second-order valence-corrected chi connectivity index (χ2v) is 5.01. The number of ether oxygens (including phenoxy) is 2. The first-order valence-electron chi connectivity index (χ1n) is 7.50. The Kier molecular flexibility index (Phi) is 6.19. The number of phenolic OH excluding ortho intramolecular Hbond substituents is 1. The number of rotatable bonds is 7. The molecule has 0 atom stereocenters. The van der Waals surface area contributed by atoms with Crippen molar-refractivity contribution < 1.29 is 24.2 Å². The van der Waals surface area contributed by atoms with Gasteiger partial charge in [-0.25, -0.2) is 4.79 Å². The third-order valence-electron chi connectivity index (χ3n) is 3.28. The lowest BCUT2D eigenvalue weighted by Crippen LogP contribution is -2.13. The molecule has 0 saturated carbocycles. The smallest absolute Gasteiger partial charge is 0.341 e. The lowest BCUT2D eigenvalue weighted by atomic mass is 10.1. The molecule has 0 aromatic heterocycles. The van der Waals surface area contributed by atoms with E-state index in [1.165, 1.54) is 19.2 Å². The highest BCUT2D eigenvalue weighted by molar-refractivity contribution is 5.98. The van der Waals surface area contributed by atoms with Gasteiger partial charge in [-0.3, -0.25) is 4.79 Å². The number of para-hydroxylation sites is 2. The van der Waals surface area contributed by atoms with E-state index in [1.807, 2.05) is 30.3 Å². The molecule has 2 rings (SSSR count). The second-order valence-electron chi connectivity index (χ2n) is 5.01. The van der Waals surface area contributed by atoms with Crippen molar-refractivity contribution in [2.45, 2.75) is 12.8 Å². The monoisotopic (exact) mass is 329 g/mol. The van der Waals surface area contributed by atoms with Gasteiger partial charge in [0.15, 0.2) is 5.75 Å². The van der Waals surface area contributed by atoms with Gasteiger partial charge in [0.2, 0.25) is 5.91 Å². The van der Waals surface area contributed by atoms with Crippen LogP contribution in [-0.4, -0.2) is 30.7 Å². The Bertz CT molecular complexity index is 700. The van der Waals surface area contributed by atoms with Crippen molar-refractivity contribution in [3.63, 3.8) is 0 Å². The van der Waals surface area contributed by atoms with E-state index in [4.69, 9.17) is 4.74 Å². The van der Waals surface area contributed by atoms with Gasteiger partial charge in [-0.15, -0.1) is 0 Å². The molecule has 24 heavy (non-hydrogen) atoms. The highest BCUT2D eigenvalue weighted by Gasteiger charge is 2.15. The van der Waals surface area contributed by atoms with Crippen LogP contribution in [0.5, 0.6) is 11.5 Å². The zero-order valence-electron chi connectivity index (χ0n) is 13.3. The van der Waals surface area contributed by atoms with Gasteiger partial charge in [0.25, 0.3) is 0 Å². The van der Waals surface area contributed by atoms with Crippen LogP contribution in [0.2, 0.25) is 0 Å². The van der Waals surface area contributed by atoms with E-state index in [2.05, 4.69) is 10.1 Å². The number of anilines is 1. The first kappa shape index (κ1) is 17.3. The maximum absolute atomic E-state index is 11.9. The molecule has 0 aliphatic rings. The highest BCUT2D eigenvalue weighted by atomic mass is 16.5. The molecule has 0 aliphatic carbocycles. The summed E-state index contributed by atoms with van der Waals surface area (Å²) in [5.41, 5.74) is 0.176. The van der Waals surface area contributed by atoms with E-state index in [9.17, 15) is 14.7 Å². The van der Waals surface area contributed by atoms with Crippen molar-refractivity contribution in [1.82, 2.24) is 0 Å². The number of amides is 1. The summed E-state index contributed by atoms with van der Waals surface area (Å²) in [5.74, 6) is -0.497. The van der Waals surface area contributed by atoms with E-state index in [0.29, 0.717) is 13.0 Å². The van der Waals surface area contributed by atoms with Crippen molar-refractivity contribution >= 4 is 17.6 Å². The fourth-order valence-electron chi connectivity index (χ4n) is 2.07. The Labute approximate surface area is 140 Å². The van der Waals surface area contributed by atoms with Crippen LogP contribution in [0.25, 0.3) is 0 Å². The van der Waals surface area contributed by atoms with Gasteiger partial charge in [0.05, 0.1) is 19.4 Å². The number of phenols is 1. The Morgan fingerprint density at radius 2 is 1.83 bits per heavy atom. The van der Waals surface area contributed by atoms with Crippen molar-refractivity contribution in [2.24, 2.45) is 0 Å². The van der Waals surface area contributed by atoms with Crippen molar-refractivity contribution in [2.75, 3.05) is 19.0 Å². The van der Waals surface area contributed by atoms with E-state index >= 15 is 0 Å². The van der Waals surface area contributed by atoms with Crippen LogP contribution >= 0.6 is 0 Å². The molecule has 1 amide bonds. The molecule has 6 heteroatoms. The standard InChI is InChI=1S/C18H19NO5/c1-23-18(22)14-9-5-10-15(17(14)21)19-16(20)11-6-12-24-13-7-3-2-4-8-13/h2-5,7-10,21H,6,11-12H2,1H3,(H,19,20). The molecular weight excluding hydrogens is 310 g/mol. The maximum Gasteiger partial charge on any atom is 0.341 e. The van der Waals surface area contributed by atoms with E-state index in [-0.39, 0.29) is 29.3 Å². The van der Waals surface area contributed by atoms with Crippen molar-refractivity contribution in [3.8, 4) is 11.5 Å². The lowest BCUT2D eigenvalue weighted by molar-refractivity contribution is -0.116. The number of nitrogens with one attached hydrogen (secondary N) is 1. The van der Waals surface area contributed by atoms with Crippen LogP contribution < -0.4 is 10.1 Å². The first-order valence-corrected chi connectivity index (χ1v) is 7.50. The summed E-state index contributed by atoms with van der Waals surface area (Å²) in [6.07, 6.45) is 0.757.